The molecule has 1 fully saturated rings. The van der Waals surface area contributed by atoms with Crippen LogP contribution in [0.1, 0.15) is 25.3 Å². The van der Waals surface area contributed by atoms with Gasteiger partial charge in [-0.2, -0.15) is 0 Å². The van der Waals surface area contributed by atoms with E-state index in [0.29, 0.717) is 30.8 Å². The van der Waals surface area contributed by atoms with Crippen molar-refractivity contribution >= 4 is 26.0 Å². The predicted octanol–water partition coefficient (Wildman–Crippen LogP) is 2.00. The summed E-state index contributed by atoms with van der Waals surface area (Å²) in [5.74, 6) is 0. The third-order valence-electron chi connectivity index (χ3n) is 3.91. The molecular weight excluding hydrogens is 356 g/mol. The summed E-state index contributed by atoms with van der Waals surface area (Å²) in [6.07, 6.45) is 1.73. The van der Waals surface area contributed by atoms with Crippen molar-refractivity contribution < 1.29 is 13.2 Å². The summed E-state index contributed by atoms with van der Waals surface area (Å²) in [4.78, 5) is 0.246. The highest BCUT2D eigenvalue weighted by atomic mass is 79.9. The highest BCUT2D eigenvalue weighted by Crippen LogP contribution is 2.30. The summed E-state index contributed by atoms with van der Waals surface area (Å²) in [7, 11) is -3.53. The maximum atomic E-state index is 12.4. The van der Waals surface area contributed by atoms with Gasteiger partial charge in [0.25, 0.3) is 0 Å². The van der Waals surface area contributed by atoms with Gasteiger partial charge in [-0.15, -0.1) is 0 Å². The first-order chi connectivity index (χ1) is 9.86. The number of nitrogens with two attached hydrogens (primary N) is 1. The molecule has 1 saturated heterocycles. The molecule has 0 saturated carbocycles. The number of nitrogens with one attached hydrogen (secondary N) is 1. The second kappa shape index (κ2) is 6.75. The Balaban J connectivity index is 2.11. The molecule has 1 aromatic rings. The highest BCUT2D eigenvalue weighted by Gasteiger charge is 2.29. The van der Waals surface area contributed by atoms with Crippen molar-refractivity contribution in [3.63, 3.8) is 0 Å². The molecule has 118 valence electrons. The highest BCUT2D eigenvalue weighted by molar-refractivity contribution is 9.10. The molecular formula is C14H21BrN2O3S. The van der Waals surface area contributed by atoms with E-state index in [-0.39, 0.29) is 10.3 Å². The van der Waals surface area contributed by atoms with Gasteiger partial charge in [0.15, 0.2) is 0 Å². The van der Waals surface area contributed by atoms with E-state index in [9.17, 15) is 8.42 Å². The lowest BCUT2D eigenvalue weighted by Gasteiger charge is -2.33. The first-order valence-corrected chi connectivity index (χ1v) is 9.20. The Kier molecular flexibility index (Phi) is 5.43. The molecule has 1 heterocycles. The molecule has 21 heavy (non-hydrogen) atoms. The van der Waals surface area contributed by atoms with E-state index in [0.717, 1.165) is 18.4 Å². The molecule has 7 heteroatoms. The van der Waals surface area contributed by atoms with E-state index in [1.165, 1.54) is 0 Å². The summed E-state index contributed by atoms with van der Waals surface area (Å²) in [6.45, 7) is 4.26. The van der Waals surface area contributed by atoms with Crippen molar-refractivity contribution in [3.8, 4) is 0 Å². The Morgan fingerprint density at radius 1 is 1.38 bits per heavy atom. The number of halogens is 1. The van der Waals surface area contributed by atoms with Gasteiger partial charge in [0.05, 0.1) is 4.90 Å². The van der Waals surface area contributed by atoms with E-state index >= 15 is 0 Å². The van der Waals surface area contributed by atoms with E-state index in [1.807, 2.05) is 0 Å². The third kappa shape index (κ3) is 4.26. The summed E-state index contributed by atoms with van der Waals surface area (Å²) in [5, 5.41) is 0. The molecule has 0 bridgehead atoms. The van der Waals surface area contributed by atoms with Crippen LogP contribution in [0.25, 0.3) is 0 Å². The van der Waals surface area contributed by atoms with E-state index in [1.54, 1.807) is 18.2 Å². The lowest BCUT2D eigenvalue weighted by atomic mass is 9.83. The Hall–Kier alpha value is -0.470. The van der Waals surface area contributed by atoms with Gasteiger partial charge in [-0.3, -0.25) is 0 Å². The lowest BCUT2D eigenvalue weighted by molar-refractivity contribution is 0.0264. The number of hydrogen-bond donors (Lipinski definition) is 2. The molecule has 5 nitrogen and oxygen atoms in total. The van der Waals surface area contributed by atoms with Crippen molar-refractivity contribution in [2.24, 2.45) is 11.1 Å². The maximum Gasteiger partial charge on any atom is 0.241 e. The normalized spacial score (nSPS) is 18.6. The first kappa shape index (κ1) is 16.9. The molecule has 1 aliphatic rings. The topological polar surface area (TPSA) is 81.4 Å². The molecule has 1 aromatic carbocycles. The van der Waals surface area contributed by atoms with Crippen LogP contribution < -0.4 is 10.5 Å². The van der Waals surface area contributed by atoms with Crippen LogP contribution in [0.3, 0.4) is 0 Å². The SMILES string of the molecule is CC1(CNS(=O)(=O)c2ccc(CN)cc2Br)CCOCC1. The van der Waals surface area contributed by atoms with E-state index < -0.39 is 10.0 Å². The number of sulfonamides is 1. The van der Waals surface area contributed by atoms with Gasteiger partial charge >= 0.3 is 0 Å². The van der Waals surface area contributed by atoms with E-state index in [4.69, 9.17) is 10.5 Å². The molecule has 0 spiro atoms. The molecule has 1 aliphatic heterocycles. The largest absolute Gasteiger partial charge is 0.381 e. The second-order valence-corrected chi connectivity index (χ2v) is 8.31. The minimum absolute atomic E-state index is 0.0466. The van der Waals surface area contributed by atoms with Crippen molar-refractivity contribution in [3.05, 3.63) is 28.2 Å². The summed E-state index contributed by atoms with van der Waals surface area (Å²) in [6, 6.07) is 5.06. The Morgan fingerprint density at radius 3 is 2.62 bits per heavy atom. The van der Waals surface area contributed by atoms with Crippen molar-refractivity contribution in [1.82, 2.24) is 4.72 Å². The molecule has 0 amide bonds. The molecule has 2 rings (SSSR count). The van der Waals surface area contributed by atoms with Crippen LogP contribution >= 0.6 is 15.9 Å². The van der Waals surface area contributed by atoms with Crippen LogP contribution in [-0.2, 0) is 21.3 Å². The fraction of sp³-hybridized carbons (Fsp3) is 0.571. The van der Waals surface area contributed by atoms with Gasteiger partial charge in [-0.25, -0.2) is 13.1 Å². The number of rotatable bonds is 5. The monoisotopic (exact) mass is 376 g/mol. The zero-order chi connectivity index (χ0) is 15.5. The molecule has 0 aliphatic carbocycles. The minimum Gasteiger partial charge on any atom is -0.381 e. The van der Waals surface area contributed by atoms with Crippen LogP contribution in [0, 0.1) is 5.41 Å². The lowest BCUT2D eigenvalue weighted by Crippen LogP contribution is -2.39. The van der Waals surface area contributed by atoms with E-state index in [2.05, 4.69) is 27.6 Å². The van der Waals surface area contributed by atoms with Crippen molar-refractivity contribution in [2.45, 2.75) is 31.2 Å². The quantitative estimate of drug-likeness (QED) is 0.823. The van der Waals surface area contributed by atoms with Crippen LogP contribution in [0.2, 0.25) is 0 Å². The second-order valence-electron chi connectivity index (χ2n) is 5.72. The Bertz CT molecular complexity index is 598. The molecule has 3 N–H and O–H groups in total. The Labute approximate surface area is 134 Å². The fourth-order valence-electron chi connectivity index (χ4n) is 2.28. The van der Waals surface area contributed by atoms with Gasteiger partial charge in [-0.1, -0.05) is 13.0 Å². The van der Waals surface area contributed by atoms with Crippen molar-refractivity contribution in [1.29, 1.82) is 0 Å². The van der Waals surface area contributed by atoms with Gasteiger partial charge in [0.2, 0.25) is 10.0 Å². The zero-order valence-electron chi connectivity index (χ0n) is 12.1. The number of benzene rings is 1. The van der Waals surface area contributed by atoms with Crippen LogP contribution in [0.4, 0.5) is 0 Å². The van der Waals surface area contributed by atoms with Crippen LogP contribution in [-0.4, -0.2) is 28.2 Å². The first-order valence-electron chi connectivity index (χ1n) is 6.92. The molecule has 0 atom stereocenters. The standard InChI is InChI=1S/C14H21BrN2O3S/c1-14(4-6-20-7-5-14)10-17-21(18,19)13-3-2-11(9-16)8-12(13)15/h2-3,8,17H,4-7,9-10,16H2,1H3. The van der Waals surface area contributed by atoms with Crippen molar-refractivity contribution in [2.75, 3.05) is 19.8 Å². The minimum atomic E-state index is -3.53. The van der Waals surface area contributed by atoms with Gasteiger partial charge in [0, 0.05) is 30.8 Å². The molecule has 0 aromatic heterocycles. The summed E-state index contributed by atoms with van der Waals surface area (Å²) >= 11 is 3.31. The summed E-state index contributed by atoms with van der Waals surface area (Å²) < 4.78 is 33.5. The summed E-state index contributed by atoms with van der Waals surface area (Å²) in [5.41, 5.74) is 6.39. The van der Waals surface area contributed by atoms with Gasteiger partial charge < -0.3 is 10.5 Å². The van der Waals surface area contributed by atoms with Crippen LogP contribution in [0.15, 0.2) is 27.6 Å². The van der Waals surface area contributed by atoms with Crippen LogP contribution in [0.5, 0.6) is 0 Å². The average molecular weight is 377 g/mol. The van der Waals surface area contributed by atoms with Gasteiger partial charge in [-0.05, 0) is 51.9 Å². The zero-order valence-corrected chi connectivity index (χ0v) is 14.5. The average Bonchev–Trinajstić information content (AvgIpc) is 2.46. The fourth-order valence-corrected chi connectivity index (χ4v) is 4.60. The van der Waals surface area contributed by atoms with Gasteiger partial charge in [0.1, 0.15) is 0 Å². The Morgan fingerprint density at radius 2 is 2.05 bits per heavy atom. The number of ether oxygens (including phenoxy) is 1. The number of hydrogen-bond acceptors (Lipinski definition) is 4. The third-order valence-corrected chi connectivity index (χ3v) is 6.29. The smallest absolute Gasteiger partial charge is 0.241 e. The molecule has 0 radical (unpaired) electrons. The molecule has 0 unspecified atom stereocenters. The maximum absolute atomic E-state index is 12.4. The predicted molar refractivity (Wildman–Crippen MR) is 85.4 cm³/mol.